The summed E-state index contributed by atoms with van der Waals surface area (Å²) in [6.07, 6.45) is 1.86. The molecule has 1 aromatic rings. The molecule has 1 aliphatic heterocycles. The normalized spacial score (nSPS) is 18.9. The second-order valence-corrected chi connectivity index (χ2v) is 5.98. The van der Waals surface area contributed by atoms with Gasteiger partial charge in [-0.3, -0.25) is 4.79 Å². The summed E-state index contributed by atoms with van der Waals surface area (Å²) in [5.74, 6) is -1.30. The molecule has 10 heteroatoms. The minimum absolute atomic E-state index is 0.0502. The van der Waals surface area contributed by atoms with E-state index >= 15 is 0 Å². The Hall–Kier alpha value is -1.68. The van der Waals surface area contributed by atoms with Crippen molar-refractivity contribution >= 4 is 22.0 Å². The Morgan fingerprint density at radius 1 is 1.55 bits per heavy atom. The molecular formula is C10H16N4O5S. The molecule has 20 heavy (non-hydrogen) atoms. The molecule has 112 valence electrons. The first kappa shape index (κ1) is 14.7. The average molecular weight is 304 g/mol. The summed E-state index contributed by atoms with van der Waals surface area (Å²) < 4.78 is 35.2. The molecule has 2 heterocycles. The molecule has 1 unspecified atom stereocenters. The van der Waals surface area contributed by atoms with Crippen molar-refractivity contribution in [2.45, 2.75) is 25.8 Å². The van der Waals surface area contributed by atoms with Gasteiger partial charge in [-0.1, -0.05) is 5.10 Å². The van der Waals surface area contributed by atoms with Crippen LogP contribution in [0.2, 0.25) is 0 Å². The van der Waals surface area contributed by atoms with Gasteiger partial charge in [0.15, 0.2) is 5.75 Å². The maximum Gasteiger partial charge on any atom is 0.329 e. The van der Waals surface area contributed by atoms with E-state index in [-0.39, 0.29) is 18.7 Å². The Morgan fingerprint density at radius 2 is 2.35 bits per heavy atom. The van der Waals surface area contributed by atoms with Crippen molar-refractivity contribution in [3.05, 3.63) is 5.89 Å². The maximum atomic E-state index is 11.7. The van der Waals surface area contributed by atoms with Crippen LogP contribution in [0.25, 0.3) is 0 Å². The SMILES string of the molecule is CCOC(=O)CS(=O)(=O)Nc1nnc(C2CCCN2)o1. The summed E-state index contributed by atoms with van der Waals surface area (Å²) in [7, 11) is -3.91. The fraction of sp³-hybridized carbons (Fsp3) is 0.700. The van der Waals surface area contributed by atoms with Crippen LogP contribution in [0, 0.1) is 0 Å². The third-order valence-electron chi connectivity index (χ3n) is 2.66. The van der Waals surface area contributed by atoms with Crippen LogP contribution in [-0.4, -0.2) is 43.5 Å². The number of carbonyl (C=O) groups excluding carboxylic acids is 1. The zero-order valence-corrected chi connectivity index (χ0v) is 11.8. The van der Waals surface area contributed by atoms with Crippen molar-refractivity contribution < 1.29 is 22.4 Å². The van der Waals surface area contributed by atoms with E-state index in [0.717, 1.165) is 19.4 Å². The van der Waals surface area contributed by atoms with Gasteiger partial charge < -0.3 is 14.5 Å². The van der Waals surface area contributed by atoms with E-state index in [0.29, 0.717) is 5.89 Å². The standard InChI is InChI=1S/C10H16N4O5S/c1-2-18-8(15)6-20(16,17)14-10-13-12-9(19-10)7-4-3-5-11-7/h7,11H,2-6H2,1H3,(H,13,14). The second-order valence-electron chi connectivity index (χ2n) is 4.26. The molecule has 9 nitrogen and oxygen atoms in total. The molecule has 1 aliphatic rings. The molecule has 1 saturated heterocycles. The van der Waals surface area contributed by atoms with E-state index in [2.05, 4.69) is 25.0 Å². The highest BCUT2D eigenvalue weighted by molar-refractivity contribution is 7.93. The number of rotatable bonds is 6. The van der Waals surface area contributed by atoms with Crippen LogP contribution in [0.1, 0.15) is 31.7 Å². The highest BCUT2D eigenvalue weighted by Crippen LogP contribution is 2.23. The summed E-state index contributed by atoms with van der Waals surface area (Å²) in [4.78, 5) is 11.1. The first-order chi connectivity index (χ1) is 9.50. The summed E-state index contributed by atoms with van der Waals surface area (Å²) >= 11 is 0. The summed E-state index contributed by atoms with van der Waals surface area (Å²) in [5, 5.41) is 10.5. The number of hydrogen-bond acceptors (Lipinski definition) is 8. The van der Waals surface area contributed by atoms with Gasteiger partial charge in [0.05, 0.1) is 12.6 Å². The quantitative estimate of drug-likeness (QED) is 0.692. The van der Waals surface area contributed by atoms with Crippen LogP contribution in [0.4, 0.5) is 6.01 Å². The van der Waals surface area contributed by atoms with Crippen LogP contribution < -0.4 is 10.0 Å². The second kappa shape index (κ2) is 6.18. The number of hydrogen-bond donors (Lipinski definition) is 2. The molecule has 0 bridgehead atoms. The Kier molecular flexibility index (Phi) is 4.55. The van der Waals surface area contributed by atoms with Crippen LogP contribution in [0.5, 0.6) is 0 Å². The van der Waals surface area contributed by atoms with E-state index in [1.807, 2.05) is 0 Å². The van der Waals surface area contributed by atoms with Crippen molar-refractivity contribution in [3.8, 4) is 0 Å². The molecule has 0 aromatic carbocycles. The first-order valence-corrected chi connectivity index (χ1v) is 7.88. The summed E-state index contributed by atoms with van der Waals surface area (Å²) in [6, 6.07) is -0.302. The predicted molar refractivity (Wildman–Crippen MR) is 68.3 cm³/mol. The number of esters is 1. The highest BCUT2D eigenvalue weighted by Gasteiger charge is 2.24. The van der Waals surface area contributed by atoms with E-state index in [9.17, 15) is 13.2 Å². The lowest BCUT2D eigenvalue weighted by atomic mass is 10.2. The number of carbonyl (C=O) groups is 1. The van der Waals surface area contributed by atoms with Crippen molar-refractivity contribution in [2.75, 3.05) is 23.6 Å². The predicted octanol–water partition coefficient (Wildman–Crippen LogP) is -0.201. The number of sulfonamides is 1. The van der Waals surface area contributed by atoms with Gasteiger partial charge in [-0.05, 0) is 26.3 Å². The maximum absolute atomic E-state index is 11.7. The largest absolute Gasteiger partial charge is 0.465 e. The fourth-order valence-corrected chi connectivity index (χ4v) is 2.65. The molecule has 1 fully saturated rings. The molecule has 0 saturated carbocycles. The van der Waals surface area contributed by atoms with E-state index < -0.39 is 21.7 Å². The molecule has 2 N–H and O–H groups in total. The van der Waals surface area contributed by atoms with Gasteiger partial charge in [0, 0.05) is 0 Å². The van der Waals surface area contributed by atoms with Gasteiger partial charge in [0.2, 0.25) is 15.9 Å². The number of aromatic nitrogens is 2. The number of anilines is 1. The van der Waals surface area contributed by atoms with Gasteiger partial charge in [-0.2, -0.15) is 0 Å². The summed E-state index contributed by atoms with van der Waals surface area (Å²) in [5.41, 5.74) is 0. The van der Waals surface area contributed by atoms with Crippen LogP contribution in [-0.2, 0) is 19.6 Å². The van der Waals surface area contributed by atoms with Crippen molar-refractivity contribution in [1.29, 1.82) is 0 Å². The van der Waals surface area contributed by atoms with Gasteiger partial charge in [0.25, 0.3) is 0 Å². The Labute approximate surface area is 116 Å². The Bertz CT molecular complexity index is 564. The monoisotopic (exact) mass is 304 g/mol. The zero-order valence-electron chi connectivity index (χ0n) is 11.0. The lowest BCUT2D eigenvalue weighted by Gasteiger charge is -2.04. The first-order valence-electron chi connectivity index (χ1n) is 6.23. The van der Waals surface area contributed by atoms with Gasteiger partial charge in [-0.15, -0.1) is 5.10 Å². The molecule has 1 aromatic heterocycles. The molecule has 0 spiro atoms. The van der Waals surface area contributed by atoms with Crippen molar-refractivity contribution in [1.82, 2.24) is 15.5 Å². The molecule has 2 rings (SSSR count). The smallest absolute Gasteiger partial charge is 0.329 e. The van der Waals surface area contributed by atoms with Gasteiger partial charge >= 0.3 is 12.0 Å². The average Bonchev–Trinajstić information content (AvgIpc) is 2.97. The zero-order chi connectivity index (χ0) is 14.6. The van der Waals surface area contributed by atoms with Crippen molar-refractivity contribution in [3.63, 3.8) is 0 Å². The third-order valence-corrected chi connectivity index (χ3v) is 3.76. The molecule has 1 atom stereocenters. The topological polar surface area (TPSA) is 123 Å². The van der Waals surface area contributed by atoms with E-state index in [1.165, 1.54) is 0 Å². The van der Waals surface area contributed by atoms with Crippen molar-refractivity contribution in [2.24, 2.45) is 0 Å². The summed E-state index contributed by atoms with van der Waals surface area (Å²) in [6.45, 7) is 2.57. The number of nitrogens with one attached hydrogen (secondary N) is 2. The van der Waals surface area contributed by atoms with Crippen LogP contribution >= 0.6 is 0 Å². The van der Waals surface area contributed by atoms with E-state index in [4.69, 9.17) is 4.42 Å². The minimum Gasteiger partial charge on any atom is -0.465 e. The molecule has 0 aliphatic carbocycles. The van der Waals surface area contributed by atoms with Gasteiger partial charge in [0.1, 0.15) is 0 Å². The lowest BCUT2D eigenvalue weighted by molar-refractivity contribution is -0.139. The Morgan fingerprint density at radius 3 is 3.00 bits per heavy atom. The fourth-order valence-electron chi connectivity index (χ4n) is 1.84. The molecule has 0 radical (unpaired) electrons. The van der Waals surface area contributed by atoms with Crippen LogP contribution in [0.15, 0.2) is 4.42 Å². The van der Waals surface area contributed by atoms with Crippen LogP contribution in [0.3, 0.4) is 0 Å². The number of nitrogens with zero attached hydrogens (tertiary/aromatic N) is 2. The molecular weight excluding hydrogens is 288 g/mol. The molecule has 0 amide bonds. The third kappa shape index (κ3) is 3.90. The Balaban J connectivity index is 1.97. The highest BCUT2D eigenvalue weighted by atomic mass is 32.2. The lowest BCUT2D eigenvalue weighted by Crippen LogP contribution is -2.24. The minimum atomic E-state index is -3.91. The van der Waals surface area contributed by atoms with Gasteiger partial charge in [-0.25, -0.2) is 13.1 Å². The number of ether oxygens (including phenoxy) is 1. The van der Waals surface area contributed by atoms with E-state index in [1.54, 1.807) is 6.92 Å².